The molecule has 1 fully saturated rings. The molecule has 0 radical (unpaired) electrons. The number of hydrogen-bond donors (Lipinski definition) is 0. The molecule has 0 atom stereocenters. The summed E-state index contributed by atoms with van der Waals surface area (Å²) >= 11 is 7.61. The number of carbonyl (C=O) groups excluding carboxylic acids is 1. The van der Waals surface area contributed by atoms with Gasteiger partial charge >= 0.3 is 0 Å². The van der Waals surface area contributed by atoms with Gasteiger partial charge < -0.3 is 14.4 Å². The van der Waals surface area contributed by atoms with Crippen molar-refractivity contribution in [2.45, 2.75) is 6.54 Å². The molecule has 162 valence electrons. The molecule has 1 aromatic heterocycles. The number of methoxy groups -OCH3 is 2. The minimum absolute atomic E-state index is 0.0132. The van der Waals surface area contributed by atoms with Crippen molar-refractivity contribution < 1.29 is 14.3 Å². The van der Waals surface area contributed by atoms with Gasteiger partial charge in [-0.05, 0) is 30.3 Å². The van der Waals surface area contributed by atoms with E-state index in [0.717, 1.165) is 40.9 Å². The second-order valence-corrected chi connectivity index (χ2v) is 8.58. The van der Waals surface area contributed by atoms with Crippen LogP contribution < -0.4 is 9.47 Å². The summed E-state index contributed by atoms with van der Waals surface area (Å²) in [6.45, 7) is 3.77. The Bertz CT molecular complexity index is 1050. The molecule has 1 aliphatic heterocycles. The number of carbonyl (C=O) groups is 1. The molecule has 1 aliphatic rings. The highest BCUT2D eigenvalue weighted by atomic mass is 35.5. The van der Waals surface area contributed by atoms with Crippen molar-refractivity contribution >= 4 is 28.8 Å². The first-order valence-electron chi connectivity index (χ1n) is 10.0. The Hall–Kier alpha value is -2.61. The fraction of sp³-hybridized carbons (Fsp3) is 0.304. The topological polar surface area (TPSA) is 54.9 Å². The molecule has 0 bridgehead atoms. The number of hydrogen-bond acceptors (Lipinski definition) is 6. The van der Waals surface area contributed by atoms with Crippen LogP contribution in [0.3, 0.4) is 0 Å². The van der Waals surface area contributed by atoms with E-state index < -0.39 is 0 Å². The average molecular weight is 458 g/mol. The number of ether oxygens (including phenoxy) is 2. The summed E-state index contributed by atoms with van der Waals surface area (Å²) in [6, 6.07) is 13.0. The van der Waals surface area contributed by atoms with Crippen molar-refractivity contribution in [3.8, 4) is 22.1 Å². The highest BCUT2D eigenvalue weighted by Crippen LogP contribution is 2.29. The monoisotopic (exact) mass is 457 g/mol. The summed E-state index contributed by atoms with van der Waals surface area (Å²) in [5, 5.41) is 3.82. The summed E-state index contributed by atoms with van der Waals surface area (Å²) in [6.07, 6.45) is 0. The zero-order valence-corrected chi connectivity index (χ0v) is 19.1. The van der Waals surface area contributed by atoms with Crippen LogP contribution in [0.1, 0.15) is 16.1 Å². The maximum absolute atomic E-state index is 12.9. The Balaban J connectivity index is 1.34. The second-order valence-electron chi connectivity index (χ2n) is 7.29. The molecule has 4 rings (SSSR count). The van der Waals surface area contributed by atoms with Gasteiger partial charge in [0.15, 0.2) is 11.5 Å². The number of amides is 1. The summed E-state index contributed by atoms with van der Waals surface area (Å²) in [5.74, 6) is 1.19. The molecule has 1 saturated heterocycles. The lowest BCUT2D eigenvalue weighted by Gasteiger charge is -2.34. The lowest BCUT2D eigenvalue weighted by atomic mass is 10.1. The fourth-order valence-corrected chi connectivity index (χ4v) is 4.54. The van der Waals surface area contributed by atoms with E-state index in [1.165, 1.54) is 0 Å². The number of thiazole rings is 1. The number of rotatable bonds is 6. The molecule has 3 aromatic rings. The highest BCUT2D eigenvalue weighted by Gasteiger charge is 2.23. The van der Waals surface area contributed by atoms with Crippen molar-refractivity contribution in [2.75, 3.05) is 40.4 Å². The van der Waals surface area contributed by atoms with Gasteiger partial charge in [0.05, 0.1) is 19.9 Å². The Labute approximate surface area is 191 Å². The third-order valence-corrected chi connectivity index (χ3v) is 6.51. The van der Waals surface area contributed by atoms with Crippen LogP contribution in [0.2, 0.25) is 5.02 Å². The lowest BCUT2D eigenvalue weighted by Crippen LogP contribution is -2.48. The van der Waals surface area contributed by atoms with Gasteiger partial charge in [-0.15, -0.1) is 11.3 Å². The molecule has 2 heterocycles. The highest BCUT2D eigenvalue weighted by molar-refractivity contribution is 7.13. The maximum atomic E-state index is 12.9. The van der Waals surface area contributed by atoms with Crippen LogP contribution >= 0.6 is 22.9 Å². The summed E-state index contributed by atoms with van der Waals surface area (Å²) in [7, 11) is 3.15. The number of piperazine rings is 1. The van der Waals surface area contributed by atoms with Crippen molar-refractivity contribution in [1.82, 2.24) is 14.8 Å². The molecule has 6 nitrogen and oxygen atoms in total. The van der Waals surface area contributed by atoms with Gasteiger partial charge in [-0.1, -0.05) is 23.7 Å². The Kier molecular flexibility index (Phi) is 6.75. The zero-order valence-electron chi connectivity index (χ0n) is 17.5. The van der Waals surface area contributed by atoms with E-state index in [1.807, 2.05) is 29.2 Å². The average Bonchev–Trinajstić information content (AvgIpc) is 3.27. The molecule has 2 aromatic carbocycles. The summed E-state index contributed by atoms with van der Waals surface area (Å²) < 4.78 is 10.6. The van der Waals surface area contributed by atoms with Gasteiger partial charge in [0.2, 0.25) is 0 Å². The SMILES string of the molecule is COc1ccc(C(=O)N2CCN(Cc3csc(-c4ccc(Cl)cc4)n3)CC2)cc1OC. The molecule has 1 amide bonds. The van der Waals surface area contributed by atoms with Crippen molar-refractivity contribution in [2.24, 2.45) is 0 Å². The zero-order chi connectivity index (χ0) is 21.8. The molecular weight excluding hydrogens is 434 g/mol. The number of benzene rings is 2. The van der Waals surface area contributed by atoms with Crippen LogP contribution in [0, 0.1) is 0 Å². The van der Waals surface area contributed by atoms with E-state index in [1.54, 1.807) is 43.8 Å². The summed E-state index contributed by atoms with van der Waals surface area (Å²) in [4.78, 5) is 21.9. The minimum Gasteiger partial charge on any atom is -0.493 e. The maximum Gasteiger partial charge on any atom is 0.254 e. The fourth-order valence-electron chi connectivity index (χ4n) is 3.59. The third-order valence-electron chi connectivity index (χ3n) is 5.32. The molecule has 0 saturated carbocycles. The van der Waals surface area contributed by atoms with Crippen molar-refractivity contribution in [3.63, 3.8) is 0 Å². The van der Waals surface area contributed by atoms with Gasteiger partial charge in [-0.3, -0.25) is 9.69 Å². The summed E-state index contributed by atoms with van der Waals surface area (Å²) in [5.41, 5.74) is 2.74. The smallest absolute Gasteiger partial charge is 0.254 e. The molecule has 0 unspecified atom stereocenters. The molecule has 31 heavy (non-hydrogen) atoms. The van der Waals surface area contributed by atoms with E-state index in [0.29, 0.717) is 30.2 Å². The number of nitrogens with zero attached hydrogens (tertiary/aromatic N) is 3. The quantitative estimate of drug-likeness (QED) is 0.547. The van der Waals surface area contributed by atoms with Gasteiger partial charge in [-0.2, -0.15) is 0 Å². The largest absolute Gasteiger partial charge is 0.493 e. The van der Waals surface area contributed by atoms with Gasteiger partial charge in [0, 0.05) is 54.3 Å². The van der Waals surface area contributed by atoms with E-state index >= 15 is 0 Å². The Morgan fingerprint density at radius 1 is 1.03 bits per heavy atom. The molecule has 0 aliphatic carbocycles. The van der Waals surface area contributed by atoms with E-state index in [2.05, 4.69) is 10.3 Å². The minimum atomic E-state index is 0.0132. The first kappa shape index (κ1) is 21.6. The van der Waals surface area contributed by atoms with Crippen LogP contribution in [-0.4, -0.2) is 61.1 Å². The van der Waals surface area contributed by atoms with Gasteiger partial charge in [0.1, 0.15) is 5.01 Å². The standard InChI is InChI=1S/C23H24ClN3O3S/c1-29-20-8-5-17(13-21(20)30-2)23(28)27-11-9-26(10-12-27)14-19-15-31-22(25-19)16-3-6-18(24)7-4-16/h3-8,13,15H,9-12,14H2,1-2H3. The van der Waals surface area contributed by atoms with Gasteiger partial charge in [0.25, 0.3) is 5.91 Å². The number of aromatic nitrogens is 1. The van der Waals surface area contributed by atoms with E-state index in [9.17, 15) is 4.79 Å². The first-order valence-corrected chi connectivity index (χ1v) is 11.3. The van der Waals surface area contributed by atoms with E-state index in [-0.39, 0.29) is 5.91 Å². The van der Waals surface area contributed by atoms with Crippen LogP contribution in [0.15, 0.2) is 47.8 Å². The van der Waals surface area contributed by atoms with Gasteiger partial charge in [-0.25, -0.2) is 4.98 Å². The van der Waals surface area contributed by atoms with Crippen LogP contribution in [0.5, 0.6) is 11.5 Å². The predicted octanol–water partition coefficient (Wildman–Crippen LogP) is 4.44. The lowest BCUT2D eigenvalue weighted by molar-refractivity contribution is 0.0627. The molecule has 0 spiro atoms. The second kappa shape index (κ2) is 9.68. The Morgan fingerprint density at radius 2 is 1.74 bits per heavy atom. The normalized spacial score (nSPS) is 14.5. The molecular formula is C23H24ClN3O3S. The third kappa shape index (κ3) is 5.01. The van der Waals surface area contributed by atoms with E-state index in [4.69, 9.17) is 26.1 Å². The number of halogens is 1. The molecule has 0 N–H and O–H groups in total. The predicted molar refractivity (Wildman–Crippen MR) is 123 cm³/mol. The van der Waals surface area contributed by atoms with Crippen molar-refractivity contribution in [3.05, 3.63) is 64.1 Å². The Morgan fingerprint density at radius 3 is 2.42 bits per heavy atom. The van der Waals surface area contributed by atoms with Crippen LogP contribution in [0.25, 0.3) is 10.6 Å². The van der Waals surface area contributed by atoms with Crippen LogP contribution in [-0.2, 0) is 6.54 Å². The van der Waals surface area contributed by atoms with Crippen LogP contribution in [0.4, 0.5) is 0 Å². The van der Waals surface area contributed by atoms with Crippen molar-refractivity contribution in [1.29, 1.82) is 0 Å². The molecule has 8 heteroatoms. The first-order chi connectivity index (χ1) is 15.1.